The molecule has 1 aromatic rings. The number of ether oxygens (including phenoxy) is 2. The van der Waals surface area contributed by atoms with Gasteiger partial charge in [0.15, 0.2) is 0 Å². The molecule has 0 N–H and O–H groups in total. The summed E-state index contributed by atoms with van der Waals surface area (Å²) in [5.74, 6) is 0. The summed E-state index contributed by atoms with van der Waals surface area (Å²) >= 11 is 0. The van der Waals surface area contributed by atoms with Gasteiger partial charge in [-0.15, -0.1) is 0 Å². The lowest BCUT2D eigenvalue weighted by atomic mass is 10.1. The Balaban J connectivity index is 1.73. The molecule has 19 heavy (non-hydrogen) atoms. The molecule has 0 amide bonds. The summed E-state index contributed by atoms with van der Waals surface area (Å²) in [7, 11) is 0. The first-order valence-corrected chi connectivity index (χ1v) is 7.24. The van der Waals surface area contributed by atoms with Gasteiger partial charge >= 0.3 is 0 Å². The van der Waals surface area contributed by atoms with Crippen LogP contribution in [0.25, 0.3) is 0 Å². The molecule has 4 nitrogen and oxygen atoms in total. The van der Waals surface area contributed by atoms with E-state index in [1.165, 1.54) is 12.0 Å². The van der Waals surface area contributed by atoms with Crippen LogP contribution >= 0.6 is 0 Å². The van der Waals surface area contributed by atoms with Crippen molar-refractivity contribution < 1.29 is 9.47 Å². The van der Waals surface area contributed by atoms with Gasteiger partial charge in [0.25, 0.3) is 0 Å². The number of aromatic nitrogens is 1. The molecule has 1 saturated carbocycles. The van der Waals surface area contributed by atoms with E-state index in [9.17, 15) is 0 Å². The molecule has 1 aliphatic heterocycles. The second-order valence-corrected chi connectivity index (χ2v) is 5.31. The predicted molar refractivity (Wildman–Crippen MR) is 72.8 cm³/mol. The van der Waals surface area contributed by atoms with Gasteiger partial charge in [-0.25, -0.2) is 0 Å². The van der Waals surface area contributed by atoms with Crippen LogP contribution in [-0.4, -0.2) is 47.9 Å². The van der Waals surface area contributed by atoms with Crippen LogP contribution in [0.4, 0.5) is 0 Å². The highest BCUT2D eigenvalue weighted by Crippen LogP contribution is 2.32. The van der Waals surface area contributed by atoms with Crippen LogP contribution in [0.15, 0.2) is 24.5 Å². The van der Waals surface area contributed by atoms with Crippen LogP contribution in [0.1, 0.15) is 25.3 Å². The van der Waals surface area contributed by atoms with Crippen molar-refractivity contribution in [3.8, 4) is 0 Å². The Labute approximate surface area is 114 Å². The topological polar surface area (TPSA) is 34.6 Å². The van der Waals surface area contributed by atoms with Crippen molar-refractivity contribution in [2.45, 2.75) is 44.6 Å². The summed E-state index contributed by atoms with van der Waals surface area (Å²) in [6, 6.07) is 4.63. The van der Waals surface area contributed by atoms with Gasteiger partial charge < -0.3 is 9.47 Å². The molecule has 1 saturated heterocycles. The molecule has 0 aromatic carbocycles. The molecule has 0 radical (unpaired) electrons. The summed E-state index contributed by atoms with van der Waals surface area (Å²) in [6.45, 7) is 5.57. The molecule has 104 valence electrons. The van der Waals surface area contributed by atoms with E-state index in [0.29, 0.717) is 12.1 Å². The molecule has 3 rings (SSSR count). The van der Waals surface area contributed by atoms with Crippen LogP contribution in [0, 0.1) is 0 Å². The van der Waals surface area contributed by atoms with Crippen LogP contribution in [-0.2, 0) is 16.0 Å². The van der Waals surface area contributed by atoms with E-state index in [2.05, 4.69) is 22.9 Å². The van der Waals surface area contributed by atoms with Crippen molar-refractivity contribution in [1.82, 2.24) is 9.88 Å². The number of nitrogens with zero attached hydrogens (tertiary/aromatic N) is 2. The number of hydrogen-bond acceptors (Lipinski definition) is 4. The van der Waals surface area contributed by atoms with E-state index in [-0.39, 0.29) is 6.10 Å². The van der Waals surface area contributed by atoms with E-state index in [0.717, 1.165) is 32.7 Å². The Hall–Kier alpha value is -0.970. The van der Waals surface area contributed by atoms with Crippen molar-refractivity contribution >= 4 is 0 Å². The number of hydrogen-bond donors (Lipinski definition) is 0. The molecule has 2 aliphatic rings. The maximum absolute atomic E-state index is 5.94. The Morgan fingerprint density at radius 1 is 1.47 bits per heavy atom. The first-order chi connectivity index (χ1) is 9.38. The van der Waals surface area contributed by atoms with Gasteiger partial charge in [0.05, 0.1) is 18.8 Å². The Morgan fingerprint density at radius 2 is 2.42 bits per heavy atom. The molecular formula is C15H22N2O2. The fourth-order valence-corrected chi connectivity index (χ4v) is 3.30. The Kier molecular flexibility index (Phi) is 4.11. The average Bonchev–Trinajstić information content (AvgIpc) is 2.73. The third kappa shape index (κ3) is 2.81. The van der Waals surface area contributed by atoms with Gasteiger partial charge in [-0.3, -0.25) is 9.88 Å². The van der Waals surface area contributed by atoms with Crippen LogP contribution < -0.4 is 0 Å². The van der Waals surface area contributed by atoms with E-state index < -0.39 is 0 Å². The third-order valence-electron chi connectivity index (χ3n) is 4.14. The fraction of sp³-hybridized carbons (Fsp3) is 0.667. The summed E-state index contributed by atoms with van der Waals surface area (Å²) in [4.78, 5) is 6.71. The lowest BCUT2D eigenvalue weighted by Crippen LogP contribution is -2.42. The Morgan fingerprint density at radius 3 is 3.21 bits per heavy atom. The van der Waals surface area contributed by atoms with Gasteiger partial charge in [0.1, 0.15) is 0 Å². The smallest absolute Gasteiger partial charge is 0.0991 e. The number of rotatable bonds is 4. The molecule has 0 spiro atoms. The normalized spacial score (nSPS) is 31.3. The minimum atomic E-state index is 0.240. The first-order valence-electron chi connectivity index (χ1n) is 7.24. The standard InChI is InChI=1S/C15H22N2O2/c1-2-18-15-13-5-6-14(15)19-9-8-17(13)11-12-4-3-7-16-10-12/h3-4,7,10,13-15H,2,5-6,8-9,11H2,1H3/t13-,14-,15-/m1/s1. The molecular weight excluding hydrogens is 240 g/mol. The van der Waals surface area contributed by atoms with Gasteiger partial charge in [0, 0.05) is 38.1 Å². The highest BCUT2D eigenvalue weighted by atomic mass is 16.5. The molecule has 3 atom stereocenters. The second kappa shape index (κ2) is 5.99. The van der Waals surface area contributed by atoms with Gasteiger partial charge in [-0.2, -0.15) is 0 Å². The summed E-state index contributed by atoms with van der Waals surface area (Å²) < 4.78 is 11.9. The number of pyridine rings is 1. The van der Waals surface area contributed by atoms with Gasteiger partial charge in [-0.05, 0) is 31.4 Å². The predicted octanol–water partition coefficient (Wildman–Crippen LogP) is 1.85. The maximum atomic E-state index is 5.94. The average molecular weight is 262 g/mol. The van der Waals surface area contributed by atoms with E-state index in [4.69, 9.17) is 9.47 Å². The van der Waals surface area contributed by atoms with Gasteiger partial charge in [-0.1, -0.05) is 6.07 Å². The largest absolute Gasteiger partial charge is 0.374 e. The van der Waals surface area contributed by atoms with Crippen molar-refractivity contribution in [2.24, 2.45) is 0 Å². The summed E-state index contributed by atoms with van der Waals surface area (Å²) in [5, 5.41) is 0. The highest BCUT2D eigenvalue weighted by Gasteiger charge is 2.42. The molecule has 2 fully saturated rings. The van der Waals surface area contributed by atoms with E-state index in [1.807, 2.05) is 18.5 Å². The molecule has 0 unspecified atom stereocenters. The minimum Gasteiger partial charge on any atom is -0.374 e. The molecule has 4 heteroatoms. The Bertz CT molecular complexity index is 398. The second-order valence-electron chi connectivity index (χ2n) is 5.31. The zero-order chi connectivity index (χ0) is 13.1. The van der Waals surface area contributed by atoms with Crippen molar-refractivity contribution in [3.05, 3.63) is 30.1 Å². The molecule has 1 aliphatic carbocycles. The van der Waals surface area contributed by atoms with Crippen molar-refractivity contribution in [1.29, 1.82) is 0 Å². The summed E-state index contributed by atoms with van der Waals surface area (Å²) in [5.41, 5.74) is 1.27. The van der Waals surface area contributed by atoms with Crippen LogP contribution in [0.5, 0.6) is 0 Å². The quantitative estimate of drug-likeness (QED) is 0.829. The number of fused-ring (bicyclic) bond motifs is 2. The molecule has 1 aromatic heterocycles. The highest BCUT2D eigenvalue weighted by molar-refractivity contribution is 5.09. The zero-order valence-electron chi connectivity index (χ0n) is 11.5. The summed E-state index contributed by atoms with van der Waals surface area (Å²) in [6.07, 6.45) is 6.61. The third-order valence-corrected chi connectivity index (χ3v) is 4.14. The van der Waals surface area contributed by atoms with Gasteiger partial charge in [0.2, 0.25) is 0 Å². The first kappa shape index (κ1) is 13.0. The van der Waals surface area contributed by atoms with Crippen LogP contribution in [0.3, 0.4) is 0 Å². The monoisotopic (exact) mass is 262 g/mol. The molecule has 2 heterocycles. The lowest BCUT2D eigenvalue weighted by Gasteiger charge is -2.30. The fourth-order valence-electron chi connectivity index (χ4n) is 3.30. The zero-order valence-corrected chi connectivity index (χ0v) is 11.5. The van der Waals surface area contributed by atoms with Crippen molar-refractivity contribution in [2.75, 3.05) is 19.8 Å². The lowest BCUT2D eigenvalue weighted by molar-refractivity contribution is -0.0498. The minimum absolute atomic E-state index is 0.240. The van der Waals surface area contributed by atoms with E-state index in [1.54, 1.807) is 0 Å². The molecule has 2 bridgehead atoms. The van der Waals surface area contributed by atoms with Crippen LogP contribution in [0.2, 0.25) is 0 Å². The maximum Gasteiger partial charge on any atom is 0.0991 e. The van der Waals surface area contributed by atoms with Crippen molar-refractivity contribution in [3.63, 3.8) is 0 Å². The van der Waals surface area contributed by atoms with E-state index >= 15 is 0 Å². The SMILES string of the molecule is CCO[C@@H]1[C@H]2CC[C@H]1OCCN2Cc1cccnc1.